The molecule has 0 fully saturated rings. The second kappa shape index (κ2) is 9.43. The zero-order chi connectivity index (χ0) is 21.7. The molecular weight excluding hydrogens is 400 g/mol. The highest BCUT2D eigenvalue weighted by Gasteiger charge is 2.37. The van der Waals surface area contributed by atoms with E-state index in [-0.39, 0.29) is 25.5 Å². The van der Waals surface area contributed by atoms with Gasteiger partial charge in [-0.1, -0.05) is 60.7 Å². The van der Waals surface area contributed by atoms with Gasteiger partial charge in [-0.25, -0.2) is 4.79 Å². The summed E-state index contributed by atoms with van der Waals surface area (Å²) in [7, 11) is 0. The largest absolute Gasteiger partial charge is 0.458 e. The summed E-state index contributed by atoms with van der Waals surface area (Å²) in [5, 5.41) is 9.86. The quantitative estimate of drug-likeness (QED) is 0.500. The lowest BCUT2D eigenvalue weighted by Gasteiger charge is -2.35. The lowest BCUT2D eigenvalue weighted by atomic mass is 9.83. The third-order valence-corrected chi connectivity index (χ3v) is 5.47. The number of nitrogens with zero attached hydrogens (tertiary/aromatic N) is 2. The molecule has 1 atom stereocenters. The average Bonchev–Trinajstić information content (AvgIpc) is 2.75. The van der Waals surface area contributed by atoms with E-state index in [1.54, 1.807) is 37.3 Å². The van der Waals surface area contributed by atoms with Crippen molar-refractivity contribution in [2.75, 3.05) is 6.61 Å². The fourth-order valence-electron chi connectivity index (χ4n) is 3.64. The number of rotatable bonds is 6. The Bertz CT molecular complexity index is 1070. The highest BCUT2D eigenvalue weighted by Crippen LogP contribution is 2.40. The van der Waals surface area contributed by atoms with Crippen LogP contribution in [0, 0.1) is 11.3 Å². The van der Waals surface area contributed by atoms with E-state index in [1.165, 1.54) is 11.0 Å². The van der Waals surface area contributed by atoms with Crippen molar-refractivity contribution in [3.63, 3.8) is 0 Å². The standard InChI is InChI=1S/C24H21ClN2O3/c1-3-12-30-24(29)23-16(2)27(15-18-9-5-4-8-17(18)14-26)22(28)13-20(23)19-10-6-7-11-21(19)25/h3-11,20H,1,12-13,15H2,2H3. The van der Waals surface area contributed by atoms with Gasteiger partial charge < -0.3 is 9.64 Å². The predicted molar refractivity (Wildman–Crippen MR) is 114 cm³/mol. The van der Waals surface area contributed by atoms with Gasteiger partial charge in [-0.15, -0.1) is 0 Å². The van der Waals surface area contributed by atoms with Crippen molar-refractivity contribution in [1.82, 2.24) is 4.90 Å². The third kappa shape index (κ3) is 4.29. The second-order valence-corrected chi connectivity index (χ2v) is 7.32. The highest BCUT2D eigenvalue weighted by atomic mass is 35.5. The van der Waals surface area contributed by atoms with E-state index in [0.717, 1.165) is 0 Å². The molecule has 152 valence electrons. The summed E-state index contributed by atoms with van der Waals surface area (Å²) in [6.07, 6.45) is 1.57. The molecule has 6 heteroatoms. The van der Waals surface area contributed by atoms with E-state index in [1.807, 2.05) is 18.2 Å². The molecule has 1 aliphatic rings. The number of benzene rings is 2. The van der Waals surface area contributed by atoms with Crippen LogP contribution >= 0.6 is 11.6 Å². The van der Waals surface area contributed by atoms with Crippen LogP contribution in [0.4, 0.5) is 0 Å². The molecule has 1 unspecified atom stereocenters. The highest BCUT2D eigenvalue weighted by molar-refractivity contribution is 6.31. The van der Waals surface area contributed by atoms with E-state index in [4.69, 9.17) is 16.3 Å². The average molecular weight is 421 g/mol. The first-order chi connectivity index (χ1) is 14.5. The van der Waals surface area contributed by atoms with Gasteiger partial charge in [-0.05, 0) is 30.2 Å². The lowest BCUT2D eigenvalue weighted by Crippen LogP contribution is -2.38. The number of carbonyl (C=O) groups excluding carboxylic acids is 2. The molecule has 5 nitrogen and oxygen atoms in total. The Kier molecular flexibility index (Phi) is 6.71. The number of allylic oxidation sites excluding steroid dienone is 1. The zero-order valence-corrected chi connectivity index (χ0v) is 17.4. The number of carbonyl (C=O) groups is 2. The molecule has 1 amide bonds. The van der Waals surface area contributed by atoms with E-state index in [0.29, 0.717) is 33.0 Å². The number of hydrogen-bond acceptors (Lipinski definition) is 4. The van der Waals surface area contributed by atoms with Gasteiger partial charge in [0.05, 0.1) is 23.8 Å². The fraction of sp³-hybridized carbons (Fsp3) is 0.208. The van der Waals surface area contributed by atoms with Crippen molar-refractivity contribution in [2.24, 2.45) is 0 Å². The van der Waals surface area contributed by atoms with Crippen LogP contribution in [-0.4, -0.2) is 23.4 Å². The van der Waals surface area contributed by atoms with Crippen LogP contribution in [0.25, 0.3) is 0 Å². The molecule has 0 bridgehead atoms. The van der Waals surface area contributed by atoms with Gasteiger partial charge in [0.1, 0.15) is 6.61 Å². The Balaban J connectivity index is 2.07. The first kappa shape index (κ1) is 21.4. The molecule has 0 aromatic heterocycles. The summed E-state index contributed by atoms with van der Waals surface area (Å²) < 4.78 is 5.32. The van der Waals surface area contributed by atoms with Crippen LogP contribution in [0.15, 0.2) is 72.5 Å². The van der Waals surface area contributed by atoms with Gasteiger partial charge in [-0.3, -0.25) is 4.79 Å². The Hall–Kier alpha value is -3.36. The molecule has 0 saturated heterocycles. The van der Waals surface area contributed by atoms with Crippen molar-refractivity contribution in [3.8, 4) is 6.07 Å². The van der Waals surface area contributed by atoms with E-state index in [2.05, 4.69) is 12.6 Å². The normalized spacial score (nSPS) is 16.2. The number of halogens is 1. The number of esters is 1. The van der Waals surface area contributed by atoms with Crippen LogP contribution in [0.1, 0.15) is 36.0 Å². The first-order valence-corrected chi connectivity index (χ1v) is 9.87. The molecule has 1 heterocycles. The van der Waals surface area contributed by atoms with E-state index in [9.17, 15) is 14.9 Å². The minimum Gasteiger partial charge on any atom is -0.458 e. The van der Waals surface area contributed by atoms with Crippen molar-refractivity contribution in [1.29, 1.82) is 5.26 Å². The van der Waals surface area contributed by atoms with Crippen molar-refractivity contribution >= 4 is 23.5 Å². The van der Waals surface area contributed by atoms with Crippen molar-refractivity contribution in [3.05, 3.63) is 94.2 Å². The molecule has 0 radical (unpaired) electrons. The molecule has 0 saturated carbocycles. The maximum atomic E-state index is 13.1. The van der Waals surface area contributed by atoms with Gasteiger partial charge in [0.2, 0.25) is 5.91 Å². The van der Waals surface area contributed by atoms with Crippen LogP contribution in [0.3, 0.4) is 0 Å². The van der Waals surface area contributed by atoms with Gasteiger partial charge in [0.15, 0.2) is 0 Å². The molecule has 3 rings (SSSR count). The SMILES string of the molecule is C=CCOC(=O)C1=C(C)N(Cc2ccccc2C#N)C(=O)CC1c1ccccc1Cl. The maximum Gasteiger partial charge on any atom is 0.336 e. The van der Waals surface area contributed by atoms with E-state index < -0.39 is 11.9 Å². The zero-order valence-electron chi connectivity index (χ0n) is 16.6. The Morgan fingerprint density at radius 2 is 2.00 bits per heavy atom. The maximum absolute atomic E-state index is 13.1. The molecule has 1 aliphatic heterocycles. The van der Waals surface area contributed by atoms with Gasteiger partial charge in [-0.2, -0.15) is 5.26 Å². The summed E-state index contributed by atoms with van der Waals surface area (Å²) in [4.78, 5) is 27.5. The van der Waals surface area contributed by atoms with Crippen molar-refractivity contribution < 1.29 is 14.3 Å². The summed E-state index contributed by atoms with van der Waals surface area (Å²) in [5.74, 6) is -1.17. The molecule has 2 aromatic carbocycles. The second-order valence-electron chi connectivity index (χ2n) is 6.91. The summed E-state index contributed by atoms with van der Waals surface area (Å²) >= 11 is 6.38. The Morgan fingerprint density at radius 1 is 1.30 bits per heavy atom. The van der Waals surface area contributed by atoms with Gasteiger partial charge in [0.25, 0.3) is 0 Å². The monoisotopic (exact) mass is 420 g/mol. The molecule has 0 spiro atoms. The van der Waals surface area contributed by atoms with Crippen molar-refractivity contribution in [2.45, 2.75) is 25.8 Å². The minimum absolute atomic E-state index is 0.0655. The van der Waals surface area contributed by atoms with Crippen LogP contribution in [0.5, 0.6) is 0 Å². The number of hydrogen-bond donors (Lipinski definition) is 0. The topological polar surface area (TPSA) is 70.4 Å². The predicted octanol–water partition coefficient (Wildman–Crippen LogP) is 4.73. The molecule has 0 aliphatic carbocycles. The smallest absolute Gasteiger partial charge is 0.336 e. The lowest BCUT2D eigenvalue weighted by molar-refractivity contribution is -0.139. The number of ether oxygens (including phenoxy) is 1. The van der Waals surface area contributed by atoms with Gasteiger partial charge >= 0.3 is 5.97 Å². The first-order valence-electron chi connectivity index (χ1n) is 9.49. The van der Waals surface area contributed by atoms with E-state index >= 15 is 0 Å². The summed E-state index contributed by atoms with van der Waals surface area (Å²) in [5.41, 5.74) is 2.79. The Morgan fingerprint density at radius 3 is 2.70 bits per heavy atom. The fourth-order valence-corrected chi connectivity index (χ4v) is 3.91. The number of amides is 1. The minimum atomic E-state index is -0.511. The van der Waals surface area contributed by atoms with Crippen LogP contribution in [0.2, 0.25) is 5.02 Å². The third-order valence-electron chi connectivity index (χ3n) is 5.12. The van der Waals surface area contributed by atoms with Gasteiger partial charge in [0, 0.05) is 23.1 Å². The number of nitriles is 1. The molecule has 0 N–H and O–H groups in total. The summed E-state index contributed by atoms with van der Waals surface area (Å²) in [6.45, 7) is 5.56. The Labute approximate surface area is 180 Å². The summed E-state index contributed by atoms with van der Waals surface area (Å²) in [6, 6.07) is 16.4. The van der Waals surface area contributed by atoms with Crippen LogP contribution in [-0.2, 0) is 20.9 Å². The van der Waals surface area contributed by atoms with Crippen LogP contribution < -0.4 is 0 Å². The molecule has 30 heavy (non-hydrogen) atoms. The molecular formula is C24H21ClN2O3. The molecule has 2 aromatic rings.